The number of methoxy groups -OCH3 is 2. The topological polar surface area (TPSA) is 82.9 Å². The first-order valence-electron chi connectivity index (χ1n) is 15.0. The summed E-state index contributed by atoms with van der Waals surface area (Å²) in [5.74, 6) is 1.23. The van der Waals surface area contributed by atoms with E-state index in [1.54, 1.807) is 67.6 Å². The van der Waals surface area contributed by atoms with Gasteiger partial charge in [-0.2, -0.15) is 13.2 Å². The highest BCUT2D eigenvalue weighted by Gasteiger charge is 2.33. The molecule has 0 aliphatic rings. The van der Waals surface area contributed by atoms with Crippen LogP contribution in [0.5, 0.6) is 17.2 Å². The second-order valence-electron chi connectivity index (χ2n) is 10.7. The van der Waals surface area contributed by atoms with Crippen molar-refractivity contribution >= 4 is 16.8 Å². The molecule has 47 heavy (non-hydrogen) atoms. The summed E-state index contributed by atoms with van der Waals surface area (Å²) in [6.07, 6.45) is -4.32. The molecule has 0 saturated carbocycles. The van der Waals surface area contributed by atoms with E-state index in [-0.39, 0.29) is 23.5 Å². The fourth-order valence-electron chi connectivity index (χ4n) is 5.43. The summed E-state index contributed by atoms with van der Waals surface area (Å²) in [6, 6.07) is 22.6. The van der Waals surface area contributed by atoms with Crippen molar-refractivity contribution in [2.24, 2.45) is 0 Å². The molecule has 5 aromatic rings. The van der Waals surface area contributed by atoms with Crippen molar-refractivity contribution in [2.45, 2.75) is 32.5 Å². The molecular weight excluding hydrogens is 611 g/mol. The number of fused-ring (bicyclic) bond motifs is 1. The molecule has 0 radical (unpaired) electrons. The lowest BCUT2D eigenvalue weighted by atomic mass is 10.1. The van der Waals surface area contributed by atoms with Crippen molar-refractivity contribution in [1.29, 1.82) is 0 Å². The van der Waals surface area contributed by atoms with Gasteiger partial charge in [0.05, 0.1) is 49.0 Å². The summed E-state index contributed by atoms with van der Waals surface area (Å²) >= 11 is 0. The number of alkyl halides is 3. The Balaban J connectivity index is 1.64. The lowest BCUT2D eigenvalue weighted by Crippen LogP contribution is -2.38. The normalized spacial score (nSPS) is 12.1. The van der Waals surface area contributed by atoms with Crippen molar-refractivity contribution in [3.05, 3.63) is 124 Å². The number of amides is 1. The van der Waals surface area contributed by atoms with Gasteiger partial charge in [0.2, 0.25) is 0 Å². The van der Waals surface area contributed by atoms with Crippen molar-refractivity contribution < 1.29 is 32.2 Å². The maximum absolute atomic E-state index is 14.2. The highest BCUT2D eigenvalue weighted by atomic mass is 19.4. The van der Waals surface area contributed by atoms with Gasteiger partial charge in [-0.25, -0.2) is 4.98 Å². The molecule has 0 N–H and O–H groups in total. The third-order valence-electron chi connectivity index (χ3n) is 7.84. The predicted molar refractivity (Wildman–Crippen MR) is 173 cm³/mol. The van der Waals surface area contributed by atoms with E-state index >= 15 is 0 Å². The van der Waals surface area contributed by atoms with Gasteiger partial charge in [-0.3, -0.25) is 14.2 Å². The van der Waals surface area contributed by atoms with E-state index in [1.807, 2.05) is 13.0 Å². The number of carbonyl (C=O) groups is 1. The average Bonchev–Trinajstić information content (AvgIpc) is 3.08. The Kier molecular flexibility index (Phi) is 9.83. The molecular formula is C36H34F3N3O5. The summed E-state index contributed by atoms with van der Waals surface area (Å²) in [5, 5.41) is 0.374. The summed E-state index contributed by atoms with van der Waals surface area (Å²) in [5.41, 5.74) is 0.276. The second kappa shape index (κ2) is 14.0. The van der Waals surface area contributed by atoms with Crippen LogP contribution in [-0.4, -0.2) is 47.7 Å². The first kappa shape index (κ1) is 33.1. The number of benzene rings is 4. The Bertz CT molecular complexity index is 1940. The smallest absolute Gasteiger partial charge is 0.416 e. The molecule has 0 aliphatic heterocycles. The van der Waals surface area contributed by atoms with Crippen molar-refractivity contribution in [2.75, 3.05) is 27.4 Å². The zero-order valence-corrected chi connectivity index (χ0v) is 26.4. The van der Waals surface area contributed by atoms with Crippen LogP contribution in [0.4, 0.5) is 13.2 Å². The molecule has 1 unspecified atom stereocenters. The quantitative estimate of drug-likeness (QED) is 0.150. The highest BCUT2D eigenvalue weighted by molar-refractivity contribution is 5.94. The number of aromatic nitrogens is 2. The molecule has 1 atom stereocenters. The van der Waals surface area contributed by atoms with Crippen molar-refractivity contribution in [3.8, 4) is 22.9 Å². The van der Waals surface area contributed by atoms with Gasteiger partial charge in [-0.15, -0.1) is 0 Å². The van der Waals surface area contributed by atoms with Crippen LogP contribution in [0.1, 0.15) is 47.2 Å². The van der Waals surface area contributed by atoms with Crippen LogP contribution in [-0.2, 0) is 12.6 Å². The number of halogens is 3. The van der Waals surface area contributed by atoms with E-state index in [2.05, 4.69) is 0 Å². The molecule has 0 fully saturated rings. The van der Waals surface area contributed by atoms with E-state index in [9.17, 15) is 22.8 Å². The van der Waals surface area contributed by atoms with Gasteiger partial charge in [0.1, 0.15) is 11.6 Å². The minimum absolute atomic E-state index is 0.0811. The van der Waals surface area contributed by atoms with Gasteiger partial charge in [-0.1, -0.05) is 24.3 Å². The molecule has 0 spiro atoms. The van der Waals surface area contributed by atoms with Crippen LogP contribution in [0.3, 0.4) is 0 Å². The van der Waals surface area contributed by atoms with Crippen molar-refractivity contribution in [3.63, 3.8) is 0 Å². The van der Waals surface area contributed by atoms with Crippen LogP contribution < -0.4 is 19.8 Å². The lowest BCUT2D eigenvalue weighted by molar-refractivity contribution is -0.137. The zero-order valence-electron chi connectivity index (χ0n) is 26.4. The van der Waals surface area contributed by atoms with E-state index in [0.717, 1.165) is 17.7 Å². The fraction of sp³-hybridized carbons (Fsp3) is 0.250. The molecule has 1 aromatic heterocycles. The Morgan fingerprint density at radius 2 is 1.64 bits per heavy atom. The maximum Gasteiger partial charge on any atom is 0.416 e. The number of rotatable bonds is 11. The standard InChI is InChI=1S/C36H34F3N3O5/c1-5-47-28-16-14-27(15-17-28)42-33(40-30-12-7-6-11-29(30)35(42)44)23(2)41(20-19-24-13-18-31(45-3)32(21-24)46-4)34(43)25-9-8-10-26(22-25)36(37,38)39/h6-18,21-23H,5,19-20H2,1-4H3. The van der Waals surface area contributed by atoms with Gasteiger partial charge in [-0.05, 0) is 92.6 Å². The second-order valence-corrected chi connectivity index (χ2v) is 10.7. The number of nitrogens with zero attached hydrogens (tertiary/aromatic N) is 3. The minimum Gasteiger partial charge on any atom is -0.494 e. The lowest BCUT2D eigenvalue weighted by Gasteiger charge is -2.31. The average molecular weight is 646 g/mol. The number of carbonyl (C=O) groups excluding carboxylic acids is 1. The summed E-state index contributed by atoms with van der Waals surface area (Å²) in [4.78, 5) is 34.5. The Morgan fingerprint density at radius 1 is 0.915 bits per heavy atom. The largest absolute Gasteiger partial charge is 0.494 e. The van der Waals surface area contributed by atoms with Crippen LogP contribution in [0, 0.1) is 0 Å². The fourth-order valence-corrected chi connectivity index (χ4v) is 5.43. The van der Waals surface area contributed by atoms with Gasteiger partial charge in [0.25, 0.3) is 11.5 Å². The van der Waals surface area contributed by atoms with E-state index < -0.39 is 23.7 Å². The summed E-state index contributed by atoms with van der Waals surface area (Å²) in [7, 11) is 3.04. The predicted octanol–water partition coefficient (Wildman–Crippen LogP) is 7.27. The molecule has 11 heteroatoms. The number of hydrogen-bond acceptors (Lipinski definition) is 6. The molecule has 1 heterocycles. The number of hydrogen-bond donors (Lipinski definition) is 0. The van der Waals surface area contributed by atoms with Gasteiger partial charge in [0, 0.05) is 12.1 Å². The first-order chi connectivity index (χ1) is 22.5. The monoisotopic (exact) mass is 645 g/mol. The molecule has 1 amide bonds. The SMILES string of the molecule is CCOc1ccc(-n2c(C(C)N(CCc3ccc(OC)c(OC)c3)C(=O)c3cccc(C(F)(F)F)c3)nc3ccccc3c2=O)cc1. The Labute approximate surface area is 270 Å². The Morgan fingerprint density at radius 3 is 2.32 bits per heavy atom. The van der Waals surface area contributed by atoms with Gasteiger partial charge < -0.3 is 19.1 Å². The van der Waals surface area contributed by atoms with Gasteiger partial charge >= 0.3 is 6.18 Å². The number of para-hydroxylation sites is 1. The summed E-state index contributed by atoms with van der Waals surface area (Å²) < 4.78 is 58.8. The molecule has 5 rings (SSSR count). The molecule has 0 aliphatic carbocycles. The van der Waals surface area contributed by atoms with Gasteiger partial charge in [0.15, 0.2) is 11.5 Å². The van der Waals surface area contributed by atoms with Crippen LogP contribution >= 0.6 is 0 Å². The van der Waals surface area contributed by atoms with Crippen LogP contribution in [0.2, 0.25) is 0 Å². The minimum atomic E-state index is -4.64. The zero-order chi connectivity index (χ0) is 33.7. The maximum atomic E-state index is 14.2. The van der Waals surface area contributed by atoms with Crippen LogP contribution in [0.25, 0.3) is 16.6 Å². The highest BCUT2D eigenvalue weighted by Crippen LogP contribution is 2.32. The van der Waals surface area contributed by atoms with Crippen LogP contribution in [0.15, 0.2) is 95.8 Å². The summed E-state index contributed by atoms with van der Waals surface area (Å²) in [6.45, 7) is 4.12. The third kappa shape index (κ3) is 7.09. The van der Waals surface area contributed by atoms with E-state index in [0.29, 0.717) is 46.9 Å². The molecule has 0 bridgehead atoms. The van der Waals surface area contributed by atoms with E-state index in [4.69, 9.17) is 19.2 Å². The Hall–Kier alpha value is -5.32. The molecule has 4 aromatic carbocycles. The molecule has 0 saturated heterocycles. The molecule has 244 valence electrons. The number of ether oxygens (including phenoxy) is 3. The van der Waals surface area contributed by atoms with E-state index in [1.165, 1.54) is 35.8 Å². The molecule has 8 nitrogen and oxygen atoms in total. The third-order valence-corrected chi connectivity index (χ3v) is 7.84. The van der Waals surface area contributed by atoms with Crippen molar-refractivity contribution in [1.82, 2.24) is 14.5 Å². The first-order valence-corrected chi connectivity index (χ1v) is 15.0.